The first kappa shape index (κ1) is 72.9. The van der Waals surface area contributed by atoms with Gasteiger partial charge in [-0.15, -0.1) is 0 Å². The van der Waals surface area contributed by atoms with Gasteiger partial charge in [0.1, 0.15) is 0 Å². The van der Waals surface area contributed by atoms with Gasteiger partial charge in [0, 0.05) is 73.0 Å². The minimum absolute atomic E-state index is 0. The van der Waals surface area contributed by atoms with E-state index in [0.29, 0.717) is 50.8 Å². The van der Waals surface area contributed by atoms with Gasteiger partial charge in [-0.25, -0.2) is 9.59 Å². The second-order valence-corrected chi connectivity index (χ2v) is 12.1. The van der Waals surface area contributed by atoms with E-state index < -0.39 is 0 Å². The van der Waals surface area contributed by atoms with Crippen molar-refractivity contribution >= 4 is 11.9 Å². The first-order chi connectivity index (χ1) is 27.0. The number of aliphatic hydroxyl groups excluding tert-OH is 6. The van der Waals surface area contributed by atoms with E-state index in [9.17, 15) is 9.59 Å². The molecule has 6 N–H and O–H groups in total. The number of carbonyl (C=O) groups is 2. The number of benzene rings is 2. The Bertz CT molecular complexity index is 1010. The summed E-state index contributed by atoms with van der Waals surface area (Å²) in [5.74, 6) is -0.639. The first-order valence-corrected chi connectivity index (χ1v) is 20.1. The van der Waals surface area contributed by atoms with Crippen LogP contribution in [0.3, 0.4) is 0 Å². The molecule has 0 spiro atoms. The first-order valence-electron chi connectivity index (χ1n) is 20.1. The van der Waals surface area contributed by atoms with Crippen LogP contribution in [0.5, 0.6) is 0 Å². The molecule has 0 aliphatic rings. The number of aryl methyl sites for hydroxylation is 2. The van der Waals surface area contributed by atoms with Gasteiger partial charge < -0.3 is 40.1 Å². The quantitative estimate of drug-likeness (QED) is 0.0346. The molecule has 0 aliphatic carbocycles. The smallest absolute Gasteiger partial charge is 0.333 e. The van der Waals surface area contributed by atoms with Crippen molar-refractivity contribution in [2.24, 2.45) is 0 Å². The van der Waals surface area contributed by atoms with E-state index >= 15 is 0 Å². The van der Waals surface area contributed by atoms with Gasteiger partial charge in [-0.1, -0.05) is 135 Å². The number of aliphatic hydroxyl groups is 6. The summed E-state index contributed by atoms with van der Waals surface area (Å²) in [4.78, 5) is 21.2. The van der Waals surface area contributed by atoms with Crippen molar-refractivity contribution in [1.82, 2.24) is 0 Å². The largest absolute Gasteiger partial charge is 0.466 e. The number of rotatable bonds is 19. The molecule has 0 radical (unpaired) electrons. The predicted molar refractivity (Wildman–Crippen MR) is 241 cm³/mol. The van der Waals surface area contributed by atoms with Crippen molar-refractivity contribution in [3.63, 3.8) is 0 Å². The average molecular weight is 861 g/mol. The van der Waals surface area contributed by atoms with Crippen LogP contribution in [0.4, 0.5) is 0 Å². The van der Waals surface area contributed by atoms with Crippen molar-refractivity contribution in [2.45, 2.75) is 139 Å². The van der Waals surface area contributed by atoms with Gasteiger partial charge >= 0.3 is 11.9 Å². The summed E-state index contributed by atoms with van der Waals surface area (Å²) in [7, 11) is 2.33. The number of hydrogen-bond donors (Lipinski definition) is 6. The third-order valence-corrected chi connectivity index (χ3v) is 6.58. The summed E-state index contributed by atoms with van der Waals surface area (Å²) in [6.45, 7) is 20.5. The van der Waals surface area contributed by atoms with Crippen LogP contribution in [0.25, 0.3) is 0 Å². The molecule has 0 saturated carbocycles. The van der Waals surface area contributed by atoms with Crippen molar-refractivity contribution in [2.75, 3.05) is 53.9 Å². The molecular formula is C47H88O10Ti. The molecule has 0 aliphatic heterocycles. The molecule has 0 saturated heterocycles. The maximum Gasteiger partial charge on any atom is 0.333 e. The zero-order chi connectivity index (χ0) is 44.1. The van der Waals surface area contributed by atoms with E-state index in [-0.39, 0.29) is 41.1 Å². The Labute approximate surface area is 370 Å². The summed E-state index contributed by atoms with van der Waals surface area (Å²) >= 11 is 0. The number of hydrogen-bond acceptors (Lipinski definition) is 10. The van der Waals surface area contributed by atoms with Crippen molar-refractivity contribution in [3.8, 4) is 0 Å². The molecule has 2 aromatic rings. The molecule has 0 amide bonds. The van der Waals surface area contributed by atoms with E-state index in [1.807, 2.05) is 36.4 Å². The predicted octanol–water partition coefficient (Wildman–Crippen LogP) is 9.22. The van der Waals surface area contributed by atoms with Gasteiger partial charge in [-0.3, -0.25) is 0 Å². The zero-order valence-corrected chi connectivity index (χ0v) is 38.7. The number of unbranched alkanes of at least 4 members (excludes halogenated alkanes) is 6. The van der Waals surface area contributed by atoms with Crippen LogP contribution in [-0.2, 0) is 53.6 Å². The van der Waals surface area contributed by atoms with Crippen LogP contribution in [0.15, 0.2) is 85.0 Å². The summed E-state index contributed by atoms with van der Waals surface area (Å²) in [6.07, 6.45) is 14.2. The Kier molecular flexibility index (Phi) is 86.7. The number of ether oxygens (including phenoxy) is 2. The van der Waals surface area contributed by atoms with Gasteiger partial charge in [-0.2, -0.15) is 0 Å². The van der Waals surface area contributed by atoms with Crippen LogP contribution in [0.1, 0.15) is 137 Å². The molecule has 0 bridgehead atoms. The molecule has 0 atom stereocenters. The summed E-state index contributed by atoms with van der Waals surface area (Å²) in [6, 6.07) is 20.7. The van der Waals surface area contributed by atoms with Gasteiger partial charge in [-0.05, 0) is 89.2 Å². The minimum atomic E-state index is -0.347. The maximum absolute atomic E-state index is 11.1. The number of esters is 2. The van der Waals surface area contributed by atoms with Gasteiger partial charge in [0.2, 0.25) is 0 Å². The Morgan fingerprint density at radius 3 is 1.02 bits per heavy atom. The molecule has 0 unspecified atom stereocenters. The number of carbonyl (C=O) groups excluding carboxylic acids is 2. The second-order valence-electron chi connectivity index (χ2n) is 12.1. The Hall–Kier alpha value is -2.67. The molecule has 58 heavy (non-hydrogen) atoms. The summed E-state index contributed by atoms with van der Waals surface area (Å²) < 4.78 is 9.28. The van der Waals surface area contributed by atoms with Crippen LogP contribution in [-0.4, -0.2) is 96.4 Å². The summed E-state index contributed by atoms with van der Waals surface area (Å²) in [5, 5.41) is 47.8. The molecule has 0 heterocycles. The van der Waals surface area contributed by atoms with E-state index in [1.54, 1.807) is 13.8 Å². The van der Waals surface area contributed by atoms with Crippen LogP contribution >= 0.6 is 0 Å². The van der Waals surface area contributed by atoms with Crippen LogP contribution in [0, 0.1) is 0 Å². The number of methoxy groups -OCH3 is 1. The molecule has 340 valence electrons. The Morgan fingerprint density at radius 1 is 0.517 bits per heavy atom. The second kappa shape index (κ2) is 69.0. The molecule has 2 aromatic carbocycles. The molecular weight excluding hydrogens is 772 g/mol. The van der Waals surface area contributed by atoms with E-state index in [2.05, 4.69) is 69.9 Å². The fourth-order valence-electron chi connectivity index (χ4n) is 3.26. The maximum atomic E-state index is 11.1. The molecule has 0 fully saturated rings. The van der Waals surface area contributed by atoms with Gasteiger partial charge in [0.05, 0.1) is 13.7 Å². The Balaban J connectivity index is -0.0000000877. The fourth-order valence-corrected chi connectivity index (χ4v) is 3.26. The third-order valence-electron chi connectivity index (χ3n) is 6.58. The molecule has 11 heteroatoms. The monoisotopic (exact) mass is 861 g/mol. The van der Waals surface area contributed by atoms with E-state index in [4.69, 9.17) is 35.4 Å². The fraction of sp³-hybridized carbons (Fsp3) is 0.617. The normalized spacial score (nSPS) is 8.52. The molecule has 10 nitrogen and oxygen atoms in total. The topological polar surface area (TPSA) is 174 Å². The standard InChI is InChI=1S/C14H18O2.C10H14O.C5H8O2.4C4H10O.CH4O.CH4.Ti/c1-12(2)14(15)16-11-7-6-10-13-8-4-3-5-9-13;11-9-5-4-8-10-6-2-1-3-7-10;1-4(2)5(6)7-3;4*1-2-3-4-5;1-2;;/h3-5,8-9H,1,6-7,10-11H2,2H3;1-3,6-7,11H,4-5,8-9H2;1H2,2-3H3;4*5H,2-4H2,1H3;2H,1H3;1H4;. The zero-order valence-electron chi connectivity index (χ0n) is 37.1. The molecule has 0 aromatic heterocycles. The molecule has 2 rings (SSSR count). The van der Waals surface area contributed by atoms with Crippen molar-refractivity contribution < 1.29 is 71.4 Å². The van der Waals surface area contributed by atoms with E-state index in [1.165, 1.54) is 18.2 Å². The summed E-state index contributed by atoms with van der Waals surface area (Å²) in [5.41, 5.74) is 3.58. The third kappa shape index (κ3) is 74.3. The average Bonchev–Trinajstić information content (AvgIpc) is 3.21. The van der Waals surface area contributed by atoms with Crippen LogP contribution < -0.4 is 0 Å². The van der Waals surface area contributed by atoms with Crippen molar-refractivity contribution in [3.05, 3.63) is 96.1 Å². The minimum Gasteiger partial charge on any atom is -0.466 e. The van der Waals surface area contributed by atoms with Gasteiger partial charge in [0.15, 0.2) is 0 Å². The van der Waals surface area contributed by atoms with E-state index in [0.717, 1.165) is 97.0 Å². The SMILES string of the molecule is C.C=C(C)C(=O)OC.C=C(C)C(=O)OCCCCc1ccccc1.CCCCO.CCCCO.CCCCO.CCCCO.CO.OCCCCc1ccccc1.[Ti]. The Morgan fingerprint density at radius 2 is 0.810 bits per heavy atom. The van der Waals surface area contributed by atoms with Crippen molar-refractivity contribution in [1.29, 1.82) is 0 Å². The van der Waals surface area contributed by atoms with Gasteiger partial charge in [0.25, 0.3) is 0 Å². The van der Waals surface area contributed by atoms with Crippen LogP contribution in [0.2, 0.25) is 0 Å².